The van der Waals surface area contributed by atoms with Crippen LogP contribution in [0.4, 0.5) is 0 Å². The lowest BCUT2D eigenvalue weighted by Gasteiger charge is -2.12. The zero-order valence-corrected chi connectivity index (χ0v) is 28.4. The standard InChI is InChI=1S/C46H34N4O2/c1-28-17-18-32(33(27-28)46(51)52)45-40-25-23-38(49-40)43(30-13-7-3-8-14-30)36-21-19-34(47-36)42(29-11-5-2-6-12-29)35-20-22-37(48-35)44(31-15-9-4-10-16-31)39-24-26-41(45)50-39/h2-27,47-50H,1H3,(H,51,52). The van der Waals surface area contributed by atoms with E-state index in [1.807, 2.05) is 73.7 Å². The van der Waals surface area contributed by atoms with Crippen LogP contribution in [0.2, 0.25) is 0 Å². The van der Waals surface area contributed by atoms with E-state index in [9.17, 15) is 9.90 Å². The van der Waals surface area contributed by atoms with Gasteiger partial charge in [-0.2, -0.15) is 0 Å². The first-order valence-corrected chi connectivity index (χ1v) is 17.3. The van der Waals surface area contributed by atoms with E-state index in [1.165, 1.54) is 0 Å². The number of aromatic amines is 4. The molecule has 8 aromatic rings. The number of H-pyrrole nitrogens is 4. The maximum absolute atomic E-state index is 12.8. The molecule has 1 aliphatic heterocycles. The number of benzene rings is 4. The van der Waals surface area contributed by atoms with E-state index in [4.69, 9.17) is 0 Å². The van der Waals surface area contributed by atoms with Crippen molar-refractivity contribution in [2.45, 2.75) is 6.92 Å². The summed E-state index contributed by atoms with van der Waals surface area (Å²) < 4.78 is 0. The Hall–Kier alpha value is -7.05. The lowest BCUT2D eigenvalue weighted by atomic mass is 9.95. The highest BCUT2D eigenvalue weighted by Gasteiger charge is 2.21. The molecule has 0 fully saturated rings. The summed E-state index contributed by atoms with van der Waals surface area (Å²) in [5.41, 5.74) is 12.3. The van der Waals surface area contributed by atoms with Crippen molar-refractivity contribution in [3.8, 4) is 0 Å². The second-order valence-electron chi connectivity index (χ2n) is 13.1. The molecule has 1 aliphatic rings. The predicted molar refractivity (Wildman–Crippen MR) is 206 cm³/mol. The highest BCUT2D eigenvalue weighted by Crippen LogP contribution is 2.29. The van der Waals surface area contributed by atoms with Crippen molar-refractivity contribution in [2.24, 2.45) is 0 Å². The normalized spacial score (nSPS) is 12.7. The largest absolute Gasteiger partial charge is 0.478 e. The van der Waals surface area contributed by atoms with Crippen LogP contribution in [0.15, 0.2) is 158 Å². The molecule has 250 valence electrons. The molecule has 8 bridgehead atoms. The topological polar surface area (TPSA) is 100 Å². The van der Waals surface area contributed by atoms with Crippen LogP contribution in [0, 0.1) is 6.92 Å². The monoisotopic (exact) mass is 674 g/mol. The van der Waals surface area contributed by atoms with Crippen molar-refractivity contribution in [1.82, 2.24) is 19.9 Å². The van der Waals surface area contributed by atoms with Gasteiger partial charge in [-0.3, -0.25) is 0 Å². The Morgan fingerprint density at radius 2 is 0.788 bits per heavy atom. The molecule has 5 heterocycles. The first kappa shape index (κ1) is 31.0. The fraction of sp³-hybridized carbons (Fsp3) is 0.0217. The van der Waals surface area contributed by atoms with Crippen molar-refractivity contribution >= 4 is 28.3 Å². The maximum Gasteiger partial charge on any atom is 0.336 e. The zero-order chi connectivity index (χ0) is 35.2. The van der Waals surface area contributed by atoms with Gasteiger partial charge >= 0.3 is 5.97 Å². The molecule has 6 heteroatoms. The number of aromatic carboxylic acids is 1. The Labute approximate surface area is 299 Å². The van der Waals surface area contributed by atoms with Gasteiger partial charge in [-0.25, -0.2) is 4.79 Å². The first-order chi connectivity index (χ1) is 25.5. The third-order valence-corrected chi connectivity index (χ3v) is 9.76. The minimum Gasteiger partial charge on any atom is -0.478 e. The maximum atomic E-state index is 12.8. The van der Waals surface area contributed by atoms with Crippen LogP contribution < -0.4 is 21.4 Å². The summed E-state index contributed by atoms with van der Waals surface area (Å²) in [7, 11) is 0. The van der Waals surface area contributed by atoms with Gasteiger partial charge in [-0.1, -0.05) is 109 Å². The molecule has 5 N–H and O–H groups in total. The van der Waals surface area contributed by atoms with Crippen LogP contribution in [0.3, 0.4) is 0 Å². The number of fused-ring (bicyclic) bond motifs is 8. The van der Waals surface area contributed by atoms with Gasteiger partial charge in [0.25, 0.3) is 0 Å². The van der Waals surface area contributed by atoms with Gasteiger partial charge in [-0.05, 0) is 78.2 Å². The summed E-state index contributed by atoms with van der Waals surface area (Å²) in [6.07, 6.45) is 0. The Kier molecular flexibility index (Phi) is 7.55. The van der Waals surface area contributed by atoms with Gasteiger partial charge in [0.05, 0.1) is 5.56 Å². The van der Waals surface area contributed by atoms with Crippen LogP contribution in [-0.4, -0.2) is 31.0 Å². The van der Waals surface area contributed by atoms with E-state index in [0.717, 1.165) is 88.7 Å². The summed E-state index contributed by atoms with van der Waals surface area (Å²) >= 11 is 0. The number of hydrogen-bond donors (Lipinski definition) is 5. The second kappa shape index (κ2) is 12.7. The molecule has 0 saturated heterocycles. The molecule has 4 aromatic heterocycles. The highest BCUT2D eigenvalue weighted by atomic mass is 16.4. The summed E-state index contributed by atoms with van der Waals surface area (Å²) in [6.45, 7) is 1.91. The van der Waals surface area contributed by atoms with Crippen molar-refractivity contribution in [3.63, 3.8) is 0 Å². The summed E-state index contributed by atoms with van der Waals surface area (Å²) in [4.78, 5) is 27.8. The summed E-state index contributed by atoms with van der Waals surface area (Å²) in [5, 5.41) is 14.1. The Bertz CT molecular complexity index is 2870. The smallest absolute Gasteiger partial charge is 0.336 e. The number of aromatic nitrogens is 4. The number of carboxylic acids is 1. The van der Waals surface area contributed by atoms with E-state index in [2.05, 4.69) is 105 Å². The highest BCUT2D eigenvalue weighted by molar-refractivity contribution is 5.97. The van der Waals surface area contributed by atoms with Gasteiger partial charge in [0, 0.05) is 72.0 Å². The van der Waals surface area contributed by atoms with Crippen molar-refractivity contribution in [2.75, 3.05) is 0 Å². The molecular formula is C46H34N4O2. The van der Waals surface area contributed by atoms with Crippen molar-refractivity contribution in [1.29, 1.82) is 0 Å². The molecule has 0 radical (unpaired) electrons. The van der Waals surface area contributed by atoms with Crippen LogP contribution in [0.25, 0.3) is 22.3 Å². The number of carbonyl (C=O) groups is 1. The van der Waals surface area contributed by atoms with Gasteiger partial charge in [0.2, 0.25) is 0 Å². The first-order valence-electron chi connectivity index (χ1n) is 17.3. The molecular weight excluding hydrogens is 641 g/mol. The van der Waals surface area contributed by atoms with Gasteiger partial charge in [0.15, 0.2) is 0 Å². The van der Waals surface area contributed by atoms with Crippen molar-refractivity contribution in [3.05, 3.63) is 235 Å². The number of rotatable bonds is 5. The Balaban J connectivity index is 1.45. The molecule has 0 saturated carbocycles. The van der Waals surface area contributed by atoms with Gasteiger partial charge in [-0.15, -0.1) is 0 Å². The predicted octanol–water partition coefficient (Wildman–Crippen LogP) is 6.31. The minimum atomic E-state index is -0.978. The number of aryl methyl sites for hydroxylation is 1. The van der Waals surface area contributed by atoms with Crippen LogP contribution in [-0.2, 0) is 0 Å². The molecule has 0 atom stereocenters. The van der Waals surface area contributed by atoms with Crippen LogP contribution in [0.1, 0.15) is 61.0 Å². The molecule has 0 aliphatic carbocycles. The third kappa shape index (κ3) is 5.43. The lowest BCUT2D eigenvalue weighted by Crippen LogP contribution is -2.19. The second-order valence-corrected chi connectivity index (χ2v) is 13.1. The van der Waals surface area contributed by atoms with Crippen LogP contribution >= 0.6 is 0 Å². The molecule has 0 spiro atoms. The average molecular weight is 675 g/mol. The SMILES string of the molecule is Cc1ccc(C2=c3ccc([nH]3)=C(c3ccccc3)c3ccc([nH]3)C(c3ccccc3)=c3ccc([nH]3)=C(c3ccccc3)c3ccc2[nH]3)c(C(=O)O)c1. The van der Waals surface area contributed by atoms with Gasteiger partial charge < -0.3 is 25.0 Å². The Morgan fingerprint density at radius 3 is 1.17 bits per heavy atom. The van der Waals surface area contributed by atoms with E-state index < -0.39 is 5.97 Å². The van der Waals surface area contributed by atoms with E-state index >= 15 is 0 Å². The molecule has 4 aromatic carbocycles. The number of hydrogen-bond acceptors (Lipinski definition) is 1. The average Bonchev–Trinajstić information content (AvgIpc) is 4.01. The fourth-order valence-corrected chi connectivity index (χ4v) is 7.42. The van der Waals surface area contributed by atoms with Crippen molar-refractivity contribution < 1.29 is 9.90 Å². The van der Waals surface area contributed by atoms with Crippen LogP contribution in [0.5, 0.6) is 0 Å². The summed E-state index contributed by atoms with van der Waals surface area (Å²) in [5.74, 6) is -0.978. The number of nitrogens with one attached hydrogen (secondary N) is 4. The van der Waals surface area contributed by atoms with E-state index in [0.29, 0.717) is 5.56 Å². The van der Waals surface area contributed by atoms with Gasteiger partial charge in [0.1, 0.15) is 0 Å². The zero-order valence-electron chi connectivity index (χ0n) is 28.4. The van der Waals surface area contributed by atoms with E-state index in [-0.39, 0.29) is 5.56 Å². The molecule has 0 unspecified atom stereocenters. The number of carboxylic acid groups (broad SMARTS) is 1. The lowest BCUT2D eigenvalue weighted by molar-refractivity contribution is 0.0696. The fourth-order valence-electron chi connectivity index (χ4n) is 7.42. The molecule has 6 nitrogen and oxygen atoms in total. The Morgan fingerprint density at radius 1 is 0.423 bits per heavy atom. The molecule has 52 heavy (non-hydrogen) atoms. The third-order valence-electron chi connectivity index (χ3n) is 9.76. The quantitative estimate of drug-likeness (QED) is 0.148. The molecule has 9 rings (SSSR count). The van der Waals surface area contributed by atoms with E-state index in [1.54, 1.807) is 6.07 Å². The summed E-state index contributed by atoms with van der Waals surface area (Å²) in [6, 6.07) is 53.5. The molecule has 0 amide bonds. The minimum absolute atomic E-state index is 0.239.